The summed E-state index contributed by atoms with van der Waals surface area (Å²) in [5.74, 6) is 0.403. The quantitative estimate of drug-likeness (QED) is 0.653. The molecule has 4 N–H and O–H groups in total. The Hall–Kier alpha value is -3.55. The van der Waals surface area contributed by atoms with E-state index < -0.39 is 11.9 Å². The first kappa shape index (κ1) is 17.3. The Labute approximate surface area is 150 Å². The van der Waals surface area contributed by atoms with E-state index in [2.05, 4.69) is 15.7 Å². The van der Waals surface area contributed by atoms with E-state index in [0.29, 0.717) is 11.6 Å². The Balaban J connectivity index is 1.64. The van der Waals surface area contributed by atoms with Crippen molar-refractivity contribution < 1.29 is 14.0 Å². The Bertz CT molecular complexity index is 957. The maximum atomic E-state index is 12.1. The molecule has 3 aromatic rings. The highest BCUT2D eigenvalue weighted by atomic mass is 16.3. The van der Waals surface area contributed by atoms with Gasteiger partial charge in [-0.05, 0) is 18.6 Å². The number of aromatic nitrogens is 2. The molecule has 3 rings (SSSR count). The standard InChI is InChI=1S/C18H19N5O3/c1-11-5-3-4-6-14(11)15-8-16(23(2)22-15)21-18(25)20-9-13-7-12(10-26-13)17(19)24/h3-8,10H,9H2,1-2H3,(H2,19,24)(H2,20,21,25). The van der Waals surface area contributed by atoms with Crippen LogP contribution in [0.2, 0.25) is 0 Å². The first-order valence-electron chi connectivity index (χ1n) is 7.96. The van der Waals surface area contributed by atoms with Gasteiger partial charge in [-0.1, -0.05) is 24.3 Å². The highest BCUT2D eigenvalue weighted by Gasteiger charge is 2.12. The first-order valence-corrected chi connectivity index (χ1v) is 7.96. The zero-order valence-corrected chi connectivity index (χ0v) is 14.4. The van der Waals surface area contributed by atoms with Crippen molar-refractivity contribution in [1.82, 2.24) is 15.1 Å². The van der Waals surface area contributed by atoms with E-state index in [4.69, 9.17) is 10.2 Å². The van der Waals surface area contributed by atoms with Gasteiger partial charge in [-0.3, -0.25) is 14.8 Å². The number of aryl methyl sites for hydroxylation is 2. The van der Waals surface area contributed by atoms with Crippen molar-refractivity contribution in [3.63, 3.8) is 0 Å². The van der Waals surface area contributed by atoms with Crippen molar-refractivity contribution in [1.29, 1.82) is 0 Å². The number of furan rings is 1. The number of hydrogen-bond acceptors (Lipinski definition) is 4. The maximum Gasteiger partial charge on any atom is 0.320 e. The molecule has 0 aliphatic rings. The minimum atomic E-state index is -0.580. The number of benzene rings is 1. The van der Waals surface area contributed by atoms with Crippen LogP contribution in [0.5, 0.6) is 0 Å². The fraction of sp³-hybridized carbons (Fsp3) is 0.167. The molecule has 0 spiro atoms. The van der Waals surface area contributed by atoms with Crippen LogP contribution in [-0.4, -0.2) is 21.7 Å². The van der Waals surface area contributed by atoms with Crippen LogP contribution in [-0.2, 0) is 13.6 Å². The molecule has 0 fully saturated rings. The molecule has 0 atom stereocenters. The minimum Gasteiger partial charge on any atom is -0.467 e. The SMILES string of the molecule is Cc1ccccc1-c1cc(NC(=O)NCc2cc(C(N)=O)co2)n(C)n1. The van der Waals surface area contributed by atoms with Gasteiger partial charge in [0.25, 0.3) is 5.91 Å². The lowest BCUT2D eigenvalue weighted by molar-refractivity contribution is 0.0999. The summed E-state index contributed by atoms with van der Waals surface area (Å²) in [5, 5.41) is 9.83. The van der Waals surface area contributed by atoms with Crippen LogP contribution >= 0.6 is 0 Å². The van der Waals surface area contributed by atoms with Crippen molar-refractivity contribution in [2.75, 3.05) is 5.32 Å². The van der Waals surface area contributed by atoms with Gasteiger partial charge in [0.05, 0.1) is 17.8 Å². The predicted molar refractivity (Wildman–Crippen MR) is 96.5 cm³/mol. The van der Waals surface area contributed by atoms with Gasteiger partial charge in [0.15, 0.2) is 0 Å². The number of carbonyl (C=O) groups excluding carboxylic acids is 2. The molecule has 2 heterocycles. The number of anilines is 1. The third-order valence-electron chi connectivity index (χ3n) is 3.90. The molecule has 0 radical (unpaired) electrons. The first-order chi connectivity index (χ1) is 12.4. The maximum absolute atomic E-state index is 12.1. The van der Waals surface area contributed by atoms with Crippen molar-refractivity contribution in [3.8, 4) is 11.3 Å². The van der Waals surface area contributed by atoms with Crippen LogP contribution in [0.25, 0.3) is 11.3 Å². The fourth-order valence-electron chi connectivity index (χ4n) is 2.51. The number of nitrogens with two attached hydrogens (primary N) is 1. The molecule has 0 unspecified atom stereocenters. The predicted octanol–water partition coefficient (Wildman–Crippen LogP) is 2.41. The summed E-state index contributed by atoms with van der Waals surface area (Å²) in [5.41, 5.74) is 8.30. The molecule has 0 saturated heterocycles. The number of hydrogen-bond donors (Lipinski definition) is 3. The number of primary amides is 1. The lowest BCUT2D eigenvalue weighted by Gasteiger charge is -2.05. The number of rotatable bonds is 5. The van der Waals surface area contributed by atoms with Gasteiger partial charge in [-0.25, -0.2) is 4.79 Å². The van der Waals surface area contributed by atoms with Crippen molar-refractivity contribution >= 4 is 17.8 Å². The zero-order chi connectivity index (χ0) is 18.7. The normalized spacial score (nSPS) is 10.5. The summed E-state index contributed by atoms with van der Waals surface area (Å²) in [7, 11) is 1.75. The molecule has 2 aromatic heterocycles. The lowest BCUT2D eigenvalue weighted by atomic mass is 10.1. The second-order valence-corrected chi connectivity index (χ2v) is 5.83. The Kier molecular flexibility index (Phi) is 4.74. The fourth-order valence-corrected chi connectivity index (χ4v) is 2.51. The van der Waals surface area contributed by atoms with E-state index in [0.717, 1.165) is 16.8 Å². The third kappa shape index (κ3) is 3.75. The van der Waals surface area contributed by atoms with E-state index in [1.165, 1.54) is 12.3 Å². The van der Waals surface area contributed by atoms with Gasteiger partial charge in [0, 0.05) is 18.7 Å². The van der Waals surface area contributed by atoms with E-state index in [1.54, 1.807) is 17.8 Å². The minimum absolute atomic E-state index is 0.127. The number of urea groups is 1. The highest BCUT2D eigenvalue weighted by Crippen LogP contribution is 2.24. The smallest absolute Gasteiger partial charge is 0.320 e. The molecule has 1 aromatic carbocycles. The molecule has 8 nitrogen and oxygen atoms in total. The van der Waals surface area contributed by atoms with Gasteiger partial charge in [-0.15, -0.1) is 0 Å². The van der Waals surface area contributed by atoms with Crippen LogP contribution in [0.3, 0.4) is 0 Å². The summed E-state index contributed by atoms with van der Waals surface area (Å²) in [6, 6.07) is 10.8. The van der Waals surface area contributed by atoms with E-state index in [1.807, 2.05) is 31.2 Å². The second kappa shape index (κ2) is 7.14. The molecule has 134 valence electrons. The molecule has 3 amide bonds. The van der Waals surface area contributed by atoms with E-state index in [9.17, 15) is 9.59 Å². The van der Waals surface area contributed by atoms with Crippen LogP contribution in [0.1, 0.15) is 21.7 Å². The van der Waals surface area contributed by atoms with Crippen molar-refractivity contribution in [2.24, 2.45) is 12.8 Å². The second-order valence-electron chi connectivity index (χ2n) is 5.83. The van der Waals surface area contributed by atoms with Gasteiger partial charge < -0.3 is 15.5 Å². The van der Waals surface area contributed by atoms with Crippen LogP contribution < -0.4 is 16.4 Å². The average Bonchev–Trinajstić information content (AvgIpc) is 3.21. The third-order valence-corrected chi connectivity index (χ3v) is 3.90. The van der Waals surface area contributed by atoms with Crippen molar-refractivity contribution in [3.05, 3.63) is 59.5 Å². The Morgan fingerprint density at radius 3 is 2.73 bits per heavy atom. The summed E-state index contributed by atoms with van der Waals surface area (Å²) >= 11 is 0. The van der Waals surface area contributed by atoms with Crippen LogP contribution in [0.4, 0.5) is 10.6 Å². The average molecular weight is 353 g/mol. The highest BCUT2D eigenvalue weighted by molar-refractivity contribution is 5.92. The number of nitrogens with one attached hydrogen (secondary N) is 2. The Morgan fingerprint density at radius 1 is 1.27 bits per heavy atom. The van der Waals surface area contributed by atoms with E-state index in [-0.39, 0.29) is 12.1 Å². The van der Waals surface area contributed by atoms with Crippen molar-refractivity contribution in [2.45, 2.75) is 13.5 Å². The summed E-state index contributed by atoms with van der Waals surface area (Å²) < 4.78 is 6.76. The lowest BCUT2D eigenvalue weighted by Crippen LogP contribution is -2.28. The van der Waals surface area contributed by atoms with Gasteiger partial charge >= 0.3 is 6.03 Å². The molecular weight excluding hydrogens is 334 g/mol. The number of carbonyl (C=O) groups is 2. The van der Waals surface area contributed by atoms with Gasteiger partial charge in [-0.2, -0.15) is 5.10 Å². The van der Waals surface area contributed by atoms with Gasteiger partial charge in [0.1, 0.15) is 17.8 Å². The summed E-state index contributed by atoms with van der Waals surface area (Å²) in [4.78, 5) is 23.1. The molecule has 0 saturated carbocycles. The Morgan fingerprint density at radius 2 is 2.04 bits per heavy atom. The number of nitrogens with zero attached hydrogens (tertiary/aromatic N) is 2. The molecule has 26 heavy (non-hydrogen) atoms. The number of amides is 3. The largest absolute Gasteiger partial charge is 0.467 e. The topological polar surface area (TPSA) is 115 Å². The molecule has 0 aliphatic carbocycles. The summed E-state index contributed by atoms with van der Waals surface area (Å²) in [6.45, 7) is 2.13. The molecular formula is C18H19N5O3. The van der Waals surface area contributed by atoms with Gasteiger partial charge in [0.2, 0.25) is 0 Å². The van der Waals surface area contributed by atoms with E-state index >= 15 is 0 Å². The molecule has 0 aliphatic heterocycles. The molecule has 8 heteroatoms. The monoisotopic (exact) mass is 353 g/mol. The van der Waals surface area contributed by atoms with Crippen LogP contribution in [0.15, 0.2) is 47.1 Å². The zero-order valence-electron chi connectivity index (χ0n) is 14.4. The summed E-state index contributed by atoms with van der Waals surface area (Å²) in [6.07, 6.45) is 1.26. The van der Waals surface area contributed by atoms with Crippen LogP contribution in [0, 0.1) is 6.92 Å². The molecule has 0 bridgehead atoms.